The van der Waals surface area contributed by atoms with Crippen molar-refractivity contribution in [3.05, 3.63) is 34.3 Å². The molecule has 1 aliphatic rings. The van der Waals surface area contributed by atoms with Crippen LogP contribution in [0.5, 0.6) is 0 Å². The average molecular weight is 282 g/mol. The first-order chi connectivity index (χ1) is 7.65. The first kappa shape index (κ1) is 12.1. The first-order valence-corrected chi connectivity index (χ1v) is 6.94. The number of hydrogen-bond acceptors (Lipinski definition) is 1. The highest BCUT2D eigenvalue weighted by Gasteiger charge is 2.25. The molecule has 0 amide bonds. The van der Waals surface area contributed by atoms with Gasteiger partial charge in [-0.15, -0.1) is 0 Å². The Balaban J connectivity index is 2.02. The molecule has 3 unspecified atom stereocenters. The van der Waals surface area contributed by atoms with Gasteiger partial charge in [-0.05, 0) is 55.2 Å². The summed E-state index contributed by atoms with van der Waals surface area (Å²) in [6.07, 6.45) is 4.91. The normalized spacial score (nSPS) is 30.3. The van der Waals surface area contributed by atoms with Crippen LogP contribution in [-0.2, 0) is 6.42 Å². The van der Waals surface area contributed by atoms with Crippen LogP contribution in [0, 0.1) is 11.8 Å². The van der Waals surface area contributed by atoms with Crippen molar-refractivity contribution >= 4 is 15.9 Å². The summed E-state index contributed by atoms with van der Waals surface area (Å²) >= 11 is 3.52. The molecule has 2 heteroatoms. The Morgan fingerprint density at radius 2 is 2.19 bits per heavy atom. The van der Waals surface area contributed by atoms with E-state index in [1.807, 2.05) is 0 Å². The van der Waals surface area contributed by atoms with Gasteiger partial charge in [-0.25, -0.2) is 0 Å². The summed E-state index contributed by atoms with van der Waals surface area (Å²) < 4.78 is 1.17. The fourth-order valence-corrected chi connectivity index (χ4v) is 3.17. The maximum absolute atomic E-state index is 6.22. The number of hydrogen-bond donors (Lipinski definition) is 1. The van der Waals surface area contributed by atoms with Crippen molar-refractivity contribution in [2.24, 2.45) is 17.6 Å². The molecule has 0 radical (unpaired) electrons. The molecule has 1 aliphatic carbocycles. The van der Waals surface area contributed by atoms with Gasteiger partial charge >= 0.3 is 0 Å². The molecular weight excluding hydrogens is 262 g/mol. The van der Waals surface area contributed by atoms with Crippen LogP contribution >= 0.6 is 15.9 Å². The lowest BCUT2D eigenvalue weighted by Gasteiger charge is -2.32. The SMILES string of the molecule is CC1CCC(N)C(Cc2cccc(Br)c2)C1. The van der Waals surface area contributed by atoms with Crippen LogP contribution < -0.4 is 5.73 Å². The Labute approximate surface area is 107 Å². The van der Waals surface area contributed by atoms with E-state index in [9.17, 15) is 0 Å². The fraction of sp³-hybridized carbons (Fsp3) is 0.571. The predicted octanol–water partition coefficient (Wildman–Crippen LogP) is 3.76. The van der Waals surface area contributed by atoms with Gasteiger partial charge in [0.05, 0.1) is 0 Å². The van der Waals surface area contributed by atoms with Crippen molar-refractivity contribution in [3.63, 3.8) is 0 Å². The number of benzene rings is 1. The molecule has 1 aromatic carbocycles. The topological polar surface area (TPSA) is 26.0 Å². The number of halogens is 1. The molecule has 1 fully saturated rings. The average Bonchev–Trinajstić information content (AvgIpc) is 2.24. The summed E-state index contributed by atoms with van der Waals surface area (Å²) in [5.74, 6) is 1.51. The highest BCUT2D eigenvalue weighted by Crippen LogP contribution is 2.30. The second kappa shape index (κ2) is 5.33. The van der Waals surface area contributed by atoms with Crippen LogP contribution in [0.4, 0.5) is 0 Å². The number of nitrogens with two attached hydrogens (primary N) is 1. The molecule has 0 spiro atoms. The third-order valence-electron chi connectivity index (χ3n) is 3.69. The van der Waals surface area contributed by atoms with Crippen LogP contribution in [0.2, 0.25) is 0 Å². The van der Waals surface area contributed by atoms with E-state index in [1.165, 1.54) is 29.3 Å². The molecule has 2 rings (SSSR count). The minimum Gasteiger partial charge on any atom is -0.327 e. The van der Waals surface area contributed by atoms with E-state index in [4.69, 9.17) is 5.73 Å². The molecule has 2 N–H and O–H groups in total. The van der Waals surface area contributed by atoms with Crippen LogP contribution in [0.1, 0.15) is 31.7 Å². The summed E-state index contributed by atoms with van der Waals surface area (Å²) in [4.78, 5) is 0. The zero-order valence-electron chi connectivity index (χ0n) is 9.83. The van der Waals surface area contributed by atoms with Gasteiger partial charge in [0.2, 0.25) is 0 Å². The molecule has 0 aliphatic heterocycles. The lowest BCUT2D eigenvalue weighted by atomic mass is 9.76. The molecule has 0 heterocycles. The van der Waals surface area contributed by atoms with Crippen molar-refractivity contribution in [1.29, 1.82) is 0 Å². The molecule has 1 aromatic rings. The molecule has 1 saturated carbocycles. The standard InChI is InChI=1S/C14H20BrN/c1-10-5-6-14(16)12(7-10)8-11-3-2-4-13(15)9-11/h2-4,9-10,12,14H,5-8,16H2,1H3. The molecule has 0 aromatic heterocycles. The Morgan fingerprint density at radius 3 is 2.94 bits per heavy atom. The van der Waals surface area contributed by atoms with Crippen molar-refractivity contribution in [3.8, 4) is 0 Å². The smallest absolute Gasteiger partial charge is 0.0177 e. The first-order valence-electron chi connectivity index (χ1n) is 6.15. The molecule has 0 saturated heterocycles. The van der Waals surface area contributed by atoms with Gasteiger partial charge in [-0.3, -0.25) is 0 Å². The Hall–Kier alpha value is -0.340. The van der Waals surface area contributed by atoms with E-state index in [2.05, 4.69) is 47.1 Å². The molecular formula is C14H20BrN. The lowest BCUT2D eigenvalue weighted by Crippen LogP contribution is -2.36. The monoisotopic (exact) mass is 281 g/mol. The minimum absolute atomic E-state index is 0.398. The zero-order valence-corrected chi connectivity index (χ0v) is 11.4. The summed E-state index contributed by atoms with van der Waals surface area (Å²) in [5, 5.41) is 0. The number of rotatable bonds is 2. The van der Waals surface area contributed by atoms with Crippen LogP contribution in [0.15, 0.2) is 28.7 Å². The van der Waals surface area contributed by atoms with Crippen LogP contribution in [0.3, 0.4) is 0 Å². The quantitative estimate of drug-likeness (QED) is 0.878. The van der Waals surface area contributed by atoms with E-state index >= 15 is 0 Å². The third kappa shape index (κ3) is 3.08. The van der Waals surface area contributed by atoms with Crippen molar-refractivity contribution in [2.75, 3.05) is 0 Å². The molecule has 3 atom stereocenters. The second-order valence-electron chi connectivity index (χ2n) is 5.18. The van der Waals surface area contributed by atoms with Gasteiger partial charge in [0.1, 0.15) is 0 Å². The van der Waals surface area contributed by atoms with Crippen LogP contribution in [0.25, 0.3) is 0 Å². The Morgan fingerprint density at radius 1 is 1.38 bits per heavy atom. The Kier molecular flexibility index (Phi) is 4.04. The molecule has 16 heavy (non-hydrogen) atoms. The van der Waals surface area contributed by atoms with E-state index < -0.39 is 0 Å². The highest BCUT2D eigenvalue weighted by atomic mass is 79.9. The van der Waals surface area contributed by atoms with E-state index in [0.29, 0.717) is 12.0 Å². The summed E-state index contributed by atoms with van der Waals surface area (Å²) in [5.41, 5.74) is 7.62. The van der Waals surface area contributed by atoms with E-state index in [0.717, 1.165) is 12.3 Å². The van der Waals surface area contributed by atoms with Crippen molar-refractivity contribution in [1.82, 2.24) is 0 Å². The third-order valence-corrected chi connectivity index (χ3v) is 4.18. The molecule has 0 bridgehead atoms. The highest BCUT2D eigenvalue weighted by molar-refractivity contribution is 9.10. The van der Waals surface area contributed by atoms with Crippen molar-refractivity contribution < 1.29 is 0 Å². The van der Waals surface area contributed by atoms with Gasteiger partial charge in [0.15, 0.2) is 0 Å². The second-order valence-corrected chi connectivity index (χ2v) is 6.09. The van der Waals surface area contributed by atoms with Gasteiger partial charge in [-0.1, -0.05) is 35.0 Å². The van der Waals surface area contributed by atoms with Gasteiger partial charge in [0.25, 0.3) is 0 Å². The Bertz CT molecular complexity index is 350. The van der Waals surface area contributed by atoms with Gasteiger partial charge in [-0.2, -0.15) is 0 Å². The minimum atomic E-state index is 0.398. The zero-order chi connectivity index (χ0) is 11.5. The predicted molar refractivity (Wildman–Crippen MR) is 72.3 cm³/mol. The van der Waals surface area contributed by atoms with E-state index in [-0.39, 0.29) is 0 Å². The van der Waals surface area contributed by atoms with E-state index in [1.54, 1.807) is 0 Å². The maximum Gasteiger partial charge on any atom is 0.0177 e. The van der Waals surface area contributed by atoms with Gasteiger partial charge < -0.3 is 5.73 Å². The fourth-order valence-electron chi connectivity index (χ4n) is 2.72. The summed E-state index contributed by atoms with van der Waals surface area (Å²) in [6.45, 7) is 2.35. The lowest BCUT2D eigenvalue weighted by molar-refractivity contribution is 0.244. The molecule has 88 valence electrons. The largest absolute Gasteiger partial charge is 0.327 e. The maximum atomic E-state index is 6.22. The van der Waals surface area contributed by atoms with Crippen LogP contribution in [-0.4, -0.2) is 6.04 Å². The molecule has 1 nitrogen and oxygen atoms in total. The summed E-state index contributed by atoms with van der Waals surface area (Å²) in [6, 6.07) is 9.00. The summed E-state index contributed by atoms with van der Waals surface area (Å²) in [7, 11) is 0. The van der Waals surface area contributed by atoms with Crippen molar-refractivity contribution in [2.45, 2.75) is 38.6 Å². The van der Waals surface area contributed by atoms with Gasteiger partial charge in [0, 0.05) is 10.5 Å².